The number of hydrogen-bond acceptors (Lipinski definition) is 4. The van der Waals surface area contributed by atoms with Crippen molar-refractivity contribution >= 4 is 21.6 Å². The van der Waals surface area contributed by atoms with Crippen LogP contribution < -0.4 is 10.5 Å². The van der Waals surface area contributed by atoms with E-state index in [9.17, 15) is 22.0 Å². The lowest BCUT2D eigenvalue weighted by molar-refractivity contribution is -0.115. The summed E-state index contributed by atoms with van der Waals surface area (Å²) < 4.78 is 51.6. The van der Waals surface area contributed by atoms with Crippen LogP contribution in [-0.2, 0) is 21.2 Å². The van der Waals surface area contributed by atoms with E-state index in [0.717, 1.165) is 23.1 Å². The molecule has 0 aliphatic heterocycles. The van der Waals surface area contributed by atoms with Crippen LogP contribution in [0.5, 0.6) is 0 Å². The predicted molar refractivity (Wildman–Crippen MR) is 93.6 cm³/mol. The zero-order chi connectivity index (χ0) is 19.6. The molecule has 7 nitrogen and oxygen atoms in total. The number of nitrogens with zero attached hydrogens (tertiary/aromatic N) is 2. The molecular weight excluding hydrogens is 378 g/mol. The van der Waals surface area contributed by atoms with Gasteiger partial charge < -0.3 is 5.32 Å². The average Bonchev–Trinajstić information content (AvgIpc) is 3.02. The summed E-state index contributed by atoms with van der Waals surface area (Å²) in [7, 11) is -4.19. The van der Waals surface area contributed by atoms with E-state index >= 15 is 0 Å². The van der Waals surface area contributed by atoms with Gasteiger partial charge in [-0.25, -0.2) is 27.0 Å². The van der Waals surface area contributed by atoms with Crippen LogP contribution in [0.15, 0.2) is 59.8 Å². The zero-order valence-corrected chi connectivity index (χ0v) is 14.6. The molecule has 10 heteroatoms. The van der Waals surface area contributed by atoms with Crippen molar-refractivity contribution in [1.29, 1.82) is 0 Å². The van der Waals surface area contributed by atoms with E-state index < -0.39 is 27.6 Å². The van der Waals surface area contributed by atoms with E-state index in [2.05, 4.69) is 10.4 Å². The van der Waals surface area contributed by atoms with Crippen LogP contribution in [-0.4, -0.2) is 24.1 Å². The molecule has 0 unspecified atom stereocenters. The van der Waals surface area contributed by atoms with Crippen molar-refractivity contribution in [1.82, 2.24) is 9.78 Å². The molecule has 0 bridgehead atoms. The second kappa shape index (κ2) is 7.25. The minimum Gasteiger partial charge on any atom is -0.326 e. The van der Waals surface area contributed by atoms with E-state index in [-0.39, 0.29) is 28.3 Å². The van der Waals surface area contributed by atoms with Gasteiger partial charge in [0, 0.05) is 5.69 Å². The fourth-order valence-corrected chi connectivity index (χ4v) is 3.21. The fraction of sp³-hybridized carbons (Fsp3) is 0.0588. The summed E-state index contributed by atoms with van der Waals surface area (Å²) >= 11 is 0. The van der Waals surface area contributed by atoms with Gasteiger partial charge in [-0.15, -0.1) is 0 Å². The van der Waals surface area contributed by atoms with Crippen LogP contribution in [0.25, 0.3) is 5.69 Å². The molecule has 1 aromatic heterocycles. The van der Waals surface area contributed by atoms with Gasteiger partial charge in [0.15, 0.2) is 5.82 Å². The number of hydrogen-bond donors (Lipinski definition) is 2. The Bertz CT molecular complexity index is 1110. The molecule has 0 aliphatic carbocycles. The zero-order valence-electron chi connectivity index (χ0n) is 13.8. The summed E-state index contributed by atoms with van der Waals surface area (Å²) in [5.74, 6) is -1.72. The Kier molecular flexibility index (Phi) is 5.02. The molecule has 0 radical (unpaired) electrons. The lowest BCUT2D eigenvalue weighted by Crippen LogP contribution is -2.18. The molecule has 0 saturated carbocycles. The van der Waals surface area contributed by atoms with Crippen molar-refractivity contribution in [2.24, 2.45) is 5.14 Å². The van der Waals surface area contributed by atoms with Crippen molar-refractivity contribution in [2.45, 2.75) is 11.3 Å². The van der Waals surface area contributed by atoms with Crippen molar-refractivity contribution in [3.8, 4) is 5.69 Å². The Morgan fingerprint density at radius 3 is 2.56 bits per heavy atom. The monoisotopic (exact) mass is 392 g/mol. The van der Waals surface area contributed by atoms with Gasteiger partial charge in [-0.05, 0) is 29.8 Å². The molecular formula is C17H14F2N4O3S. The molecule has 1 heterocycles. The molecule has 1 amide bonds. The van der Waals surface area contributed by atoms with E-state index in [1.54, 1.807) is 6.07 Å². The van der Waals surface area contributed by atoms with Gasteiger partial charge in [0.05, 0.1) is 24.5 Å². The van der Waals surface area contributed by atoms with Gasteiger partial charge in [0.1, 0.15) is 10.7 Å². The second-order valence-corrected chi connectivity index (χ2v) is 7.18. The predicted octanol–water partition coefficient (Wildman–Crippen LogP) is 1.98. The number of anilines is 1. The Labute approximate surface area is 153 Å². The number of amides is 1. The minimum absolute atomic E-state index is 0.0218. The fourth-order valence-electron chi connectivity index (χ4n) is 2.46. The van der Waals surface area contributed by atoms with E-state index in [1.165, 1.54) is 30.3 Å². The maximum atomic E-state index is 13.6. The molecule has 0 atom stereocenters. The molecule has 0 aliphatic rings. The first-order valence-electron chi connectivity index (χ1n) is 7.65. The summed E-state index contributed by atoms with van der Waals surface area (Å²) in [5, 5.41) is 11.4. The van der Waals surface area contributed by atoms with Crippen molar-refractivity contribution < 1.29 is 22.0 Å². The van der Waals surface area contributed by atoms with Gasteiger partial charge in [0.25, 0.3) is 0 Å². The number of benzene rings is 2. The lowest BCUT2D eigenvalue weighted by Gasteiger charge is -2.11. The quantitative estimate of drug-likeness (QED) is 0.692. The first-order chi connectivity index (χ1) is 12.7. The molecule has 0 fully saturated rings. The smallest absolute Gasteiger partial charge is 0.240 e. The molecule has 3 aromatic rings. The lowest BCUT2D eigenvalue weighted by atomic mass is 10.1. The molecule has 3 N–H and O–H groups in total. The maximum absolute atomic E-state index is 13.6. The van der Waals surface area contributed by atoms with E-state index in [0.29, 0.717) is 0 Å². The van der Waals surface area contributed by atoms with Crippen molar-refractivity contribution in [3.05, 3.63) is 72.1 Å². The van der Waals surface area contributed by atoms with Crippen LogP contribution in [0, 0.1) is 11.6 Å². The third-order valence-corrected chi connectivity index (χ3v) is 4.60. The van der Waals surface area contributed by atoms with Crippen LogP contribution in [0.2, 0.25) is 0 Å². The standard InChI is InChI=1S/C17H14F2N4O3S/c18-12-9-21-23(10-12)15-6-5-13(8-16(15)27(20,25)26)22-17(24)7-11-3-1-2-4-14(11)19/h1-6,8-10H,7H2,(H,22,24)(H2,20,25,26). The number of aromatic nitrogens is 2. The van der Waals surface area contributed by atoms with Crippen LogP contribution >= 0.6 is 0 Å². The number of primary sulfonamides is 1. The molecule has 0 spiro atoms. The highest BCUT2D eigenvalue weighted by atomic mass is 32.2. The normalized spacial score (nSPS) is 11.4. The third-order valence-electron chi connectivity index (χ3n) is 3.66. The molecule has 2 aromatic carbocycles. The number of halogens is 2. The summed E-state index contributed by atoms with van der Waals surface area (Å²) in [6.07, 6.45) is 1.67. The Hall–Kier alpha value is -3.11. The van der Waals surface area contributed by atoms with Gasteiger partial charge in [-0.3, -0.25) is 4.79 Å². The summed E-state index contributed by atoms with van der Waals surface area (Å²) in [4.78, 5) is 11.8. The Morgan fingerprint density at radius 1 is 1.19 bits per heavy atom. The van der Waals surface area contributed by atoms with Crippen molar-refractivity contribution in [3.63, 3.8) is 0 Å². The number of rotatable bonds is 5. The first kappa shape index (κ1) is 18.7. The van der Waals surface area contributed by atoms with Gasteiger partial charge in [-0.2, -0.15) is 5.10 Å². The van der Waals surface area contributed by atoms with Crippen LogP contribution in [0.4, 0.5) is 14.5 Å². The number of nitrogens with one attached hydrogen (secondary N) is 1. The van der Waals surface area contributed by atoms with Crippen LogP contribution in [0.1, 0.15) is 5.56 Å². The Balaban J connectivity index is 1.89. The minimum atomic E-state index is -4.19. The average molecular weight is 392 g/mol. The van der Waals surface area contributed by atoms with Crippen molar-refractivity contribution in [2.75, 3.05) is 5.32 Å². The van der Waals surface area contributed by atoms with Gasteiger partial charge in [0.2, 0.25) is 15.9 Å². The summed E-state index contributed by atoms with van der Waals surface area (Å²) in [6.45, 7) is 0. The SMILES string of the molecule is NS(=O)(=O)c1cc(NC(=O)Cc2ccccc2F)ccc1-n1cc(F)cn1. The number of carbonyl (C=O) groups excluding carboxylic acids is 1. The van der Waals surface area contributed by atoms with E-state index in [4.69, 9.17) is 5.14 Å². The number of nitrogens with two attached hydrogens (primary N) is 1. The number of sulfonamides is 1. The Morgan fingerprint density at radius 2 is 1.93 bits per heavy atom. The third kappa shape index (κ3) is 4.36. The highest BCUT2D eigenvalue weighted by Gasteiger charge is 2.18. The highest BCUT2D eigenvalue weighted by molar-refractivity contribution is 7.89. The molecule has 140 valence electrons. The number of carbonyl (C=O) groups is 1. The molecule has 3 rings (SSSR count). The van der Waals surface area contributed by atoms with E-state index in [1.807, 2.05) is 0 Å². The van der Waals surface area contributed by atoms with Crippen LogP contribution in [0.3, 0.4) is 0 Å². The summed E-state index contributed by atoms with van der Waals surface area (Å²) in [5.41, 5.74) is 0.357. The molecule has 0 saturated heterocycles. The first-order valence-corrected chi connectivity index (χ1v) is 9.19. The topological polar surface area (TPSA) is 107 Å². The largest absolute Gasteiger partial charge is 0.326 e. The van der Waals surface area contributed by atoms with Gasteiger partial charge in [-0.1, -0.05) is 18.2 Å². The summed E-state index contributed by atoms with van der Waals surface area (Å²) in [6, 6.07) is 9.67. The second-order valence-electron chi connectivity index (χ2n) is 5.65. The maximum Gasteiger partial charge on any atom is 0.240 e. The molecule has 27 heavy (non-hydrogen) atoms. The highest BCUT2D eigenvalue weighted by Crippen LogP contribution is 2.23. The van der Waals surface area contributed by atoms with Gasteiger partial charge >= 0.3 is 0 Å².